The number of carbonyl (C=O) groups excluding carboxylic acids is 1. The van der Waals surface area contributed by atoms with Gasteiger partial charge in [0, 0.05) is 17.0 Å². The number of rotatable bonds is 6. The number of benzene rings is 2. The van der Waals surface area contributed by atoms with Crippen LogP contribution in [0.2, 0.25) is 0 Å². The molecule has 26 heavy (non-hydrogen) atoms. The number of furan rings is 1. The van der Waals surface area contributed by atoms with Crippen LogP contribution in [0.25, 0.3) is 11.0 Å². The first-order valence-electron chi connectivity index (χ1n) is 8.59. The van der Waals surface area contributed by atoms with E-state index in [9.17, 15) is 4.79 Å². The van der Waals surface area contributed by atoms with Crippen molar-refractivity contribution in [2.24, 2.45) is 0 Å². The Labute approximate surface area is 152 Å². The number of ether oxygens (including phenoxy) is 2. The molecule has 5 nitrogen and oxygen atoms in total. The number of hydrogen-bond acceptors (Lipinski definition) is 4. The molecule has 0 aliphatic rings. The standard InChI is InChI=1S/C21H23NO4/c1-5-18(14-6-8-15(24-3)9-7-14)22-21(23)20-13(2)17-11-10-16(25-4)12-19(17)26-20/h6-12,18H,5H2,1-4H3,(H,22,23). The molecular weight excluding hydrogens is 330 g/mol. The van der Waals surface area contributed by atoms with Crippen LogP contribution in [0.5, 0.6) is 11.5 Å². The second-order valence-corrected chi connectivity index (χ2v) is 6.13. The zero-order valence-corrected chi connectivity index (χ0v) is 15.5. The maximum Gasteiger partial charge on any atom is 0.287 e. The zero-order chi connectivity index (χ0) is 18.7. The van der Waals surface area contributed by atoms with Crippen molar-refractivity contribution in [1.29, 1.82) is 0 Å². The van der Waals surface area contributed by atoms with E-state index < -0.39 is 0 Å². The molecule has 3 rings (SSSR count). The fourth-order valence-electron chi connectivity index (χ4n) is 3.03. The summed E-state index contributed by atoms with van der Waals surface area (Å²) in [5.41, 5.74) is 2.49. The van der Waals surface area contributed by atoms with Crippen molar-refractivity contribution in [2.45, 2.75) is 26.3 Å². The Morgan fingerprint density at radius 2 is 1.73 bits per heavy atom. The minimum absolute atomic E-state index is 0.101. The fourth-order valence-corrected chi connectivity index (χ4v) is 3.03. The van der Waals surface area contributed by atoms with E-state index in [0.29, 0.717) is 17.1 Å². The minimum atomic E-state index is -0.222. The highest BCUT2D eigenvalue weighted by Gasteiger charge is 2.21. The number of amides is 1. The van der Waals surface area contributed by atoms with Gasteiger partial charge in [0.1, 0.15) is 17.1 Å². The van der Waals surface area contributed by atoms with Crippen LogP contribution in [-0.2, 0) is 0 Å². The van der Waals surface area contributed by atoms with Gasteiger partial charge in [-0.1, -0.05) is 19.1 Å². The van der Waals surface area contributed by atoms with Crippen molar-refractivity contribution in [3.05, 3.63) is 59.4 Å². The number of hydrogen-bond donors (Lipinski definition) is 1. The summed E-state index contributed by atoms with van der Waals surface area (Å²) in [5, 5.41) is 3.97. The molecule has 0 saturated heterocycles. The summed E-state index contributed by atoms with van der Waals surface area (Å²) in [7, 11) is 3.23. The van der Waals surface area contributed by atoms with Crippen LogP contribution in [0.3, 0.4) is 0 Å². The maximum atomic E-state index is 12.8. The Morgan fingerprint density at radius 3 is 2.35 bits per heavy atom. The van der Waals surface area contributed by atoms with Gasteiger partial charge in [0.05, 0.1) is 20.3 Å². The van der Waals surface area contributed by atoms with E-state index in [1.54, 1.807) is 20.3 Å². The summed E-state index contributed by atoms with van der Waals surface area (Å²) in [5.74, 6) is 1.60. The predicted molar refractivity (Wildman–Crippen MR) is 101 cm³/mol. The molecule has 2 aromatic carbocycles. The highest BCUT2D eigenvalue weighted by Crippen LogP contribution is 2.29. The molecule has 0 bridgehead atoms. The normalized spacial score (nSPS) is 12.0. The predicted octanol–water partition coefficient (Wildman–Crippen LogP) is 4.64. The molecule has 0 saturated carbocycles. The average molecular weight is 353 g/mol. The number of fused-ring (bicyclic) bond motifs is 1. The summed E-state index contributed by atoms with van der Waals surface area (Å²) in [6, 6.07) is 13.2. The number of nitrogens with one attached hydrogen (secondary N) is 1. The van der Waals surface area contributed by atoms with Gasteiger partial charge in [-0.05, 0) is 43.2 Å². The molecule has 1 N–H and O–H groups in total. The Balaban J connectivity index is 1.85. The van der Waals surface area contributed by atoms with Crippen molar-refractivity contribution < 1.29 is 18.7 Å². The van der Waals surface area contributed by atoms with Crippen LogP contribution in [0.4, 0.5) is 0 Å². The van der Waals surface area contributed by atoms with E-state index >= 15 is 0 Å². The van der Waals surface area contributed by atoms with Gasteiger partial charge in [0.25, 0.3) is 5.91 Å². The molecule has 136 valence electrons. The molecule has 1 heterocycles. The lowest BCUT2D eigenvalue weighted by atomic mass is 10.0. The Hall–Kier alpha value is -2.95. The first-order chi connectivity index (χ1) is 12.6. The maximum absolute atomic E-state index is 12.8. The molecule has 1 amide bonds. The monoisotopic (exact) mass is 353 g/mol. The van der Waals surface area contributed by atoms with Crippen LogP contribution in [0.15, 0.2) is 46.9 Å². The summed E-state index contributed by atoms with van der Waals surface area (Å²) in [6.07, 6.45) is 0.769. The Kier molecular flexibility index (Phi) is 5.16. The van der Waals surface area contributed by atoms with Gasteiger partial charge < -0.3 is 19.2 Å². The summed E-state index contributed by atoms with van der Waals surface area (Å²) in [4.78, 5) is 12.8. The fraction of sp³-hybridized carbons (Fsp3) is 0.286. The van der Waals surface area contributed by atoms with E-state index in [1.165, 1.54) is 0 Å². The minimum Gasteiger partial charge on any atom is -0.497 e. The molecule has 3 aromatic rings. The van der Waals surface area contributed by atoms with E-state index in [1.807, 2.05) is 50.2 Å². The molecule has 5 heteroatoms. The molecule has 1 aromatic heterocycles. The first kappa shape index (κ1) is 17.9. The van der Waals surface area contributed by atoms with Crippen molar-refractivity contribution in [3.63, 3.8) is 0 Å². The van der Waals surface area contributed by atoms with E-state index in [4.69, 9.17) is 13.9 Å². The third kappa shape index (κ3) is 3.38. The summed E-state index contributed by atoms with van der Waals surface area (Å²) in [6.45, 7) is 3.92. The molecule has 0 fully saturated rings. The van der Waals surface area contributed by atoms with Gasteiger partial charge in [-0.15, -0.1) is 0 Å². The number of carbonyl (C=O) groups is 1. The van der Waals surface area contributed by atoms with Crippen molar-refractivity contribution in [2.75, 3.05) is 14.2 Å². The van der Waals surface area contributed by atoms with Crippen LogP contribution >= 0.6 is 0 Å². The molecule has 0 spiro atoms. The number of aryl methyl sites for hydroxylation is 1. The molecule has 0 aliphatic carbocycles. The van der Waals surface area contributed by atoms with Gasteiger partial charge in [-0.2, -0.15) is 0 Å². The first-order valence-corrected chi connectivity index (χ1v) is 8.59. The summed E-state index contributed by atoms with van der Waals surface area (Å²) < 4.78 is 16.2. The third-order valence-electron chi connectivity index (χ3n) is 4.58. The van der Waals surface area contributed by atoms with Crippen LogP contribution in [0.1, 0.15) is 41.1 Å². The largest absolute Gasteiger partial charge is 0.497 e. The van der Waals surface area contributed by atoms with Gasteiger partial charge in [-0.25, -0.2) is 0 Å². The average Bonchev–Trinajstić information content (AvgIpc) is 3.02. The SMILES string of the molecule is CCC(NC(=O)c1oc2cc(OC)ccc2c1C)c1ccc(OC)cc1. The van der Waals surface area contributed by atoms with E-state index in [0.717, 1.165) is 28.7 Å². The van der Waals surface area contributed by atoms with Gasteiger partial charge in [0.15, 0.2) is 5.76 Å². The van der Waals surface area contributed by atoms with E-state index in [2.05, 4.69) is 5.32 Å². The van der Waals surface area contributed by atoms with Crippen LogP contribution < -0.4 is 14.8 Å². The van der Waals surface area contributed by atoms with Crippen LogP contribution in [0, 0.1) is 6.92 Å². The Morgan fingerprint density at radius 1 is 1.08 bits per heavy atom. The topological polar surface area (TPSA) is 60.7 Å². The Bertz CT molecular complexity index is 912. The van der Waals surface area contributed by atoms with E-state index in [-0.39, 0.29) is 11.9 Å². The molecule has 0 radical (unpaired) electrons. The molecule has 1 unspecified atom stereocenters. The zero-order valence-electron chi connectivity index (χ0n) is 15.5. The second kappa shape index (κ2) is 7.52. The smallest absolute Gasteiger partial charge is 0.287 e. The van der Waals surface area contributed by atoms with Gasteiger partial charge in [-0.3, -0.25) is 4.79 Å². The second-order valence-electron chi connectivity index (χ2n) is 6.13. The van der Waals surface area contributed by atoms with Crippen LogP contribution in [-0.4, -0.2) is 20.1 Å². The lowest BCUT2D eigenvalue weighted by Crippen LogP contribution is -2.28. The molecular formula is C21H23NO4. The summed E-state index contributed by atoms with van der Waals surface area (Å²) >= 11 is 0. The van der Waals surface area contributed by atoms with Crippen molar-refractivity contribution >= 4 is 16.9 Å². The number of methoxy groups -OCH3 is 2. The van der Waals surface area contributed by atoms with Crippen molar-refractivity contribution in [1.82, 2.24) is 5.32 Å². The third-order valence-corrected chi connectivity index (χ3v) is 4.58. The highest BCUT2D eigenvalue weighted by molar-refractivity contribution is 5.99. The quantitative estimate of drug-likeness (QED) is 0.701. The lowest BCUT2D eigenvalue weighted by molar-refractivity contribution is 0.0908. The molecule has 1 atom stereocenters. The lowest BCUT2D eigenvalue weighted by Gasteiger charge is -2.17. The van der Waals surface area contributed by atoms with Gasteiger partial charge >= 0.3 is 0 Å². The molecule has 0 aliphatic heterocycles. The highest BCUT2D eigenvalue weighted by atomic mass is 16.5. The van der Waals surface area contributed by atoms with Crippen molar-refractivity contribution in [3.8, 4) is 11.5 Å². The van der Waals surface area contributed by atoms with Gasteiger partial charge in [0.2, 0.25) is 0 Å².